The molecule has 0 aliphatic heterocycles. The van der Waals surface area contributed by atoms with Gasteiger partial charge < -0.3 is 16.0 Å². The van der Waals surface area contributed by atoms with Gasteiger partial charge in [-0.2, -0.15) is 13.2 Å². The average molecular weight is 403 g/mol. The number of nitrogens with zero attached hydrogens (tertiary/aromatic N) is 1. The summed E-state index contributed by atoms with van der Waals surface area (Å²) in [5.74, 6) is -0.879. The highest BCUT2D eigenvalue weighted by molar-refractivity contribution is 7.80. The molecule has 1 atom stereocenters. The number of nitrogens with one attached hydrogen (secondary N) is 3. The van der Waals surface area contributed by atoms with Crippen LogP contribution in [0.1, 0.15) is 15.9 Å². The zero-order valence-electron chi connectivity index (χ0n) is 13.4. The van der Waals surface area contributed by atoms with E-state index in [0.717, 1.165) is 5.56 Å². The Kier molecular flexibility index (Phi) is 6.38. The fourth-order valence-corrected chi connectivity index (χ4v) is 2.21. The minimum absolute atomic E-state index is 0.104. The van der Waals surface area contributed by atoms with Gasteiger partial charge in [0.05, 0.1) is 11.9 Å². The maximum absolute atomic E-state index is 13.2. The number of amides is 1. The summed E-state index contributed by atoms with van der Waals surface area (Å²) < 4.78 is 39.7. The monoisotopic (exact) mass is 402 g/mol. The second kappa shape index (κ2) is 8.33. The summed E-state index contributed by atoms with van der Waals surface area (Å²) in [6, 6.07) is 9.08. The SMILES string of the molecule is Cc1ccc(C(=O)NC(NC(=S)Nc2ccc(Cl)nc2)C(F)(F)F)cc1. The maximum Gasteiger partial charge on any atom is 0.427 e. The van der Waals surface area contributed by atoms with Crippen LogP contribution in [0.4, 0.5) is 18.9 Å². The molecule has 0 bridgehead atoms. The molecule has 1 aromatic heterocycles. The second-order valence-corrected chi connectivity index (χ2v) is 6.08. The normalized spacial score (nSPS) is 12.2. The first-order valence-corrected chi connectivity index (χ1v) is 8.07. The lowest BCUT2D eigenvalue weighted by atomic mass is 10.1. The molecule has 0 saturated heterocycles. The molecule has 1 aromatic carbocycles. The van der Waals surface area contributed by atoms with Gasteiger partial charge in [-0.05, 0) is 43.4 Å². The van der Waals surface area contributed by atoms with Crippen LogP contribution in [0.3, 0.4) is 0 Å². The summed E-state index contributed by atoms with van der Waals surface area (Å²) in [6.45, 7) is 1.80. The molecule has 0 fully saturated rings. The number of alkyl halides is 3. The first-order valence-electron chi connectivity index (χ1n) is 7.28. The van der Waals surface area contributed by atoms with Gasteiger partial charge in [0.1, 0.15) is 5.15 Å². The van der Waals surface area contributed by atoms with Crippen LogP contribution in [0.15, 0.2) is 42.6 Å². The third-order valence-electron chi connectivity index (χ3n) is 3.18. The third-order valence-corrected chi connectivity index (χ3v) is 3.62. The van der Waals surface area contributed by atoms with E-state index in [1.165, 1.54) is 30.5 Å². The number of benzene rings is 1. The van der Waals surface area contributed by atoms with Crippen molar-refractivity contribution >= 4 is 40.5 Å². The minimum atomic E-state index is -4.76. The summed E-state index contributed by atoms with van der Waals surface area (Å²) in [4.78, 5) is 15.8. The van der Waals surface area contributed by atoms with Crippen molar-refractivity contribution < 1.29 is 18.0 Å². The number of halogens is 4. The van der Waals surface area contributed by atoms with Crippen molar-refractivity contribution in [3.05, 3.63) is 58.9 Å². The minimum Gasteiger partial charge on any atom is -0.335 e. The van der Waals surface area contributed by atoms with Crippen molar-refractivity contribution in [3.8, 4) is 0 Å². The molecular formula is C16H14ClF3N4OS. The van der Waals surface area contributed by atoms with E-state index in [0.29, 0.717) is 5.69 Å². The summed E-state index contributed by atoms with van der Waals surface area (Å²) in [7, 11) is 0. The molecule has 1 heterocycles. The van der Waals surface area contributed by atoms with Crippen LogP contribution in [-0.2, 0) is 0 Å². The Hall–Kier alpha value is -2.39. The van der Waals surface area contributed by atoms with Crippen LogP contribution in [0.2, 0.25) is 5.15 Å². The highest BCUT2D eigenvalue weighted by Gasteiger charge is 2.41. The number of pyridine rings is 1. The predicted octanol–water partition coefficient (Wildman–Crippen LogP) is 3.65. The standard InChI is InChI=1S/C16H14ClF3N4OS/c1-9-2-4-10(5-3-9)13(25)23-14(16(18,19)20)24-15(26)22-11-6-7-12(17)21-8-11/h2-8,14H,1H3,(H,23,25)(H2,22,24,26). The molecular weight excluding hydrogens is 389 g/mol. The topological polar surface area (TPSA) is 66.1 Å². The van der Waals surface area contributed by atoms with Gasteiger partial charge in [-0.1, -0.05) is 29.3 Å². The van der Waals surface area contributed by atoms with Crippen molar-refractivity contribution in [1.29, 1.82) is 0 Å². The van der Waals surface area contributed by atoms with Crippen LogP contribution < -0.4 is 16.0 Å². The van der Waals surface area contributed by atoms with Gasteiger partial charge in [0.15, 0.2) is 11.3 Å². The lowest BCUT2D eigenvalue weighted by Crippen LogP contribution is -2.57. The molecule has 1 unspecified atom stereocenters. The van der Waals surface area contributed by atoms with E-state index < -0.39 is 18.2 Å². The van der Waals surface area contributed by atoms with Crippen LogP contribution in [0.5, 0.6) is 0 Å². The smallest absolute Gasteiger partial charge is 0.335 e. The Morgan fingerprint density at radius 2 is 1.81 bits per heavy atom. The summed E-state index contributed by atoms with van der Waals surface area (Å²) in [5, 5.41) is 6.35. The van der Waals surface area contributed by atoms with Crippen LogP contribution in [0, 0.1) is 6.92 Å². The zero-order chi connectivity index (χ0) is 19.3. The Balaban J connectivity index is 2.04. The number of hydrogen-bond donors (Lipinski definition) is 3. The molecule has 5 nitrogen and oxygen atoms in total. The van der Waals surface area contributed by atoms with Crippen molar-refractivity contribution in [2.24, 2.45) is 0 Å². The largest absolute Gasteiger partial charge is 0.427 e. The van der Waals surface area contributed by atoms with Gasteiger partial charge in [0.25, 0.3) is 5.91 Å². The summed E-state index contributed by atoms with van der Waals surface area (Å²) in [5.41, 5.74) is 1.33. The Bertz CT molecular complexity index is 782. The number of aryl methyl sites for hydroxylation is 1. The lowest BCUT2D eigenvalue weighted by Gasteiger charge is -2.24. The predicted molar refractivity (Wildman–Crippen MR) is 97.1 cm³/mol. The number of anilines is 1. The molecule has 0 spiro atoms. The zero-order valence-corrected chi connectivity index (χ0v) is 15.0. The Morgan fingerprint density at radius 3 is 2.35 bits per heavy atom. The molecule has 2 rings (SSSR count). The van der Waals surface area contributed by atoms with Crippen molar-refractivity contribution in [2.75, 3.05) is 5.32 Å². The average Bonchev–Trinajstić information content (AvgIpc) is 2.56. The molecule has 0 saturated carbocycles. The van der Waals surface area contributed by atoms with E-state index in [2.05, 4.69) is 10.3 Å². The highest BCUT2D eigenvalue weighted by atomic mass is 35.5. The number of aromatic nitrogens is 1. The molecule has 138 valence electrons. The Labute approximate surface area is 158 Å². The number of carbonyl (C=O) groups excluding carboxylic acids is 1. The molecule has 0 aliphatic rings. The van der Waals surface area contributed by atoms with Gasteiger partial charge in [-0.3, -0.25) is 4.79 Å². The number of rotatable bonds is 4. The van der Waals surface area contributed by atoms with Gasteiger partial charge in [-0.15, -0.1) is 0 Å². The van der Waals surface area contributed by atoms with E-state index >= 15 is 0 Å². The third kappa shape index (κ3) is 5.85. The van der Waals surface area contributed by atoms with Gasteiger partial charge >= 0.3 is 6.18 Å². The number of thiocarbonyl (C=S) groups is 1. The van der Waals surface area contributed by atoms with E-state index in [-0.39, 0.29) is 15.8 Å². The second-order valence-electron chi connectivity index (χ2n) is 5.28. The maximum atomic E-state index is 13.2. The van der Waals surface area contributed by atoms with Gasteiger partial charge in [0, 0.05) is 5.56 Å². The van der Waals surface area contributed by atoms with E-state index in [9.17, 15) is 18.0 Å². The van der Waals surface area contributed by atoms with Crippen LogP contribution >= 0.6 is 23.8 Å². The Morgan fingerprint density at radius 1 is 1.15 bits per heavy atom. The van der Waals surface area contributed by atoms with Crippen molar-refractivity contribution in [3.63, 3.8) is 0 Å². The van der Waals surface area contributed by atoms with E-state index in [1.807, 2.05) is 10.6 Å². The molecule has 2 aromatic rings. The lowest BCUT2D eigenvalue weighted by molar-refractivity contribution is -0.156. The van der Waals surface area contributed by atoms with E-state index in [4.69, 9.17) is 23.8 Å². The number of carbonyl (C=O) groups is 1. The first kappa shape index (κ1) is 19.9. The van der Waals surface area contributed by atoms with Crippen LogP contribution in [0.25, 0.3) is 0 Å². The first-order chi connectivity index (χ1) is 12.1. The molecule has 1 amide bonds. The summed E-state index contributed by atoms with van der Waals surface area (Å²) >= 11 is 10.5. The summed E-state index contributed by atoms with van der Waals surface area (Å²) in [6.07, 6.45) is -5.81. The van der Waals surface area contributed by atoms with Crippen molar-refractivity contribution in [1.82, 2.24) is 15.6 Å². The van der Waals surface area contributed by atoms with E-state index in [1.54, 1.807) is 19.1 Å². The fraction of sp³-hybridized carbons (Fsp3) is 0.188. The van der Waals surface area contributed by atoms with Crippen molar-refractivity contribution in [2.45, 2.75) is 19.3 Å². The fourth-order valence-electron chi connectivity index (χ4n) is 1.87. The van der Waals surface area contributed by atoms with Gasteiger partial charge in [0.2, 0.25) is 0 Å². The van der Waals surface area contributed by atoms with Gasteiger partial charge in [-0.25, -0.2) is 4.98 Å². The molecule has 0 aliphatic carbocycles. The number of hydrogen-bond acceptors (Lipinski definition) is 3. The molecule has 3 N–H and O–H groups in total. The quantitative estimate of drug-likeness (QED) is 0.414. The molecule has 0 radical (unpaired) electrons. The molecule has 26 heavy (non-hydrogen) atoms. The highest BCUT2D eigenvalue weighted by Crippen LogP contribution is 2.19. The molecule has 10 heteroatoms. The van der Waals surface area contributed by atoms with Crippen LogP contribution in [-0.4, -0.2) is 28.3 Å².